The lowest BCUT2D eigenvalue weighted by atomic mass is 9.87. The van der Waals surface area contributed by atoms with Crippen LogP contribution in [-0.2, 0) is 0 Å². The van der Waals surface area contributed by atoms with Gasteiger partial charge in [-0.05, 0) is 80.1 Å². The van der Waals surface area contributed by atoms with Gasteiger partial charge in [0.15, 0.2) is 11.4 Å². The third kappa shape index (κ3) is 4.32. The Hall–Kier alpha value is -2.49. The smallest absolute Gasteiger partial charge is 0.248 e. The van der Waals surface area contributed by atoms with Gasteiger partial charge in [0.25, 0.3) is 0 Å². The van der Waals surface area contributed by atoms with Crippen molar-refractivity contribution in [1.29, 1.82) is 0 Å². The number of ether oxygens (including phenoxy) is 1. The Bertz CT molecular complexity index is 1140. The number of alkyl halides is 2. The fraction of sp³-hybridized carbons (Fsp3) is 0.625. The van der Waals surface area contributed by atoms with Crippen LogP contribution in [0.25, 0.3) is 5.65 Å². The number of aromatic nitrogens is 4. The molecule has 3 aliphatic rings. The Kier molecular flexibility index (Phi) is 5.58. The van der Waals surface area contributed by atoms with Gasteiger partial charge >= 0.3 is 0 Å². The van der Waals surface area contributed by atoms with Crippen LogP contribution in [0.15, 0.2) is 24.4 Å². The largest absolute Gasteiger partial charge is 0.489 e. The predicted molar refractivity (Wildman–Crippen MR) is 128 cm³/mol. The average Bonchev–Trinajstić information content (AvgIpc) is 3.49. The van der Waals surface area contributed by atoms with E-state index in [1.807, 2.05) is 25.3 Å². The summed E-state index contributed by atoms with van der Waals surface area (Å²) >= 11 is 1.59. The third-order valence-corrected chi connectivity index (χ3v) is 8.64. The number of halogens is 2. The van der Waals surface area contributed by atoms with E-state index in [0.717, 1.165) is 18.8 Å². The summed E-state index contributed by atoms with van der Waals surface area (Å²) in [5.41, 5.74) is 1.75. The highest BCUT2D eigenvalue weighted by Crippen LogP contribution is 2.41. The Labute approximate surface area is 201 Å². The summed E-state index contributed by atoms with van der Waals surface area (Å²) in [7, 11) is 0. The monoisotopic (exact) mass is 488 g/mol. The molecule has 4 heterocycles. The van der Waals surface area contributed by atoms with Crippen molar-refractivity contribution in [3.8, 4) is 5.75 Å². The van der Waals surface area contributed by atoms with E-state index < -0.39 is 5.92 Å². The van der Waals surface area contributed by atoms with Crippen LogP contribution in [0.4, 0.5) is 19.7 Å². The summed E-state index contributed by atoms with van der Waals surface area (Å²) < 4.78 is 39.1. The van der Waals surface area contributed by atoms with E-state index in [-0.39, 0.29) is 18.8 Å². The molecule has 2 bridgehead atoms. The first-order valence-electron chi connectivity index (χ1n) is 12.2. The molecule has 1 N–H and O–H groups in total. The van der Waals surface area contributed by atoms with Crippen molar-refractivity contribution in [1.82, 2.24) is 19.0 Å². The minimum atomic E-state index is -2.51. The van der Waals surface area contributed by atoms with Gasteiger partial charge in [0.1, 0.15) is 5.00 Å². The summed E-state index contributed by atoms with van der Waals surface area (Å²) in [5.74, 6) is 0.0136. The maximum absolute atomic E-state index is 13.4. The molecule has 10 heteroatoms. The number of rotatable bonds is 6. The highest BCUT2D eigenvalue weighted by atomic mass is 32.1. The minimum Gasteiger partial charge on any atom is -0.489 e. The Balaban J connectivity index is 1.12. The first-order chi connectivity index (χ1) is 16.4. The van der Waals surface area contributed by atoms with Gasteiger partial charge in [-0.15, -0.1) is 5.10 Å². The number of piperidine rings is 1. The summed E-state index contributed by atoms with van der Waals surface area (Å²) in [4.78, 5) is 7.23. The number of fused-ring (bicyclic) bond motifs is 3. The van der Waals surface area contributed by atoms with E-state index in [4.69, 9.17) is 9.72 Å². The first-order valence-corrected chi connectivity index (χ1v) is 13.0. The first kappa shape index (κ1) is 22.0. The van der Waals surface area contributed by atoms with Crippen molar-refractivity contribution in [2.75, 3.05) is 29.9 Å². The molecular formula is C24H30F2N6OS. The quantitative estimate of drug-likeness (QED) is 0.525. The summed E-state index contributed by atoms with van der Waals surface area (Å²) in [6, 6.07) is 6.30. The van der Waals surface area contributed by atoms with Gasteiger partial charge in [-0.3, -0.25) is 0 Å². The Morgan fingerprint density at radius 1 is 1.18 bits per heavy atom. The summed E-state index contributed by atoms with van der Waals surface area (Å²) in [6.45, 7) is 4.53. The van der Waals surface area contributed by atoms with Gasteiger partial charge in [-0.25, -0.2) is 13.3 Å². The number of nitrogens with one attached hydrogen (secondary N) is 1. The fourth-order valence-corrected chi connectivity index (χ4v) is 6.59. The van der Waals surface area contributed by atoms with Crippen molar-refractivity contribution in [3.63, 3.8) is 0 Å². The average molecular weight is 489 g/mol. The molecule has 0 spiro atoms. The van der Waals surface area contributed by atoms with Crippen LogP contribution in [0.1, 0.15) is 44.2 Å². The van der Waals surface area contributed by atoms with Crippen molar-refractivity contribution >= 4 is 28.1 Å². The lowest BCUT2D eigenvalue weighted by Crippen LogP contribution is -2.48. The lowest BCUT2D eigenvalue weighted by molar-refractivity contribution is -0.0498. The molecule has 1 aliphatic heterocycles. The Morgan fingerprint density at radius 3 is 2.65 bits per heavy atom. The normalized spacial score (nSPS) is 26.8. The number of hydrogen-bond acceptors (Lipinski definition) is 7. The van der Waals surface area contributed by atoms with Gasteiger partial charge < -0.3 is 15.0 Å². The van der Waals surface area contributed by atoms with Gasteiger partial charge in [0.2, 0.25) is 11.9 Å². The molecule has 3 aromatic heterocycles. The van der Waals surface area contributed by atoms with Gasteiger partial charge in [-0.2, -0.15) is 9.36 Å². The van der Waals surface area contributed by atoms with Crippen LogP contribution in [0.2, 0.25) is 0 Å². The predicted octanol–water partition coefficient (Wildman–Crippen LogP) is 5.03. The molecule has 3 atom stereocenters. The molecule has 0 unspecified atom stereocenters. The Morgan fingerprint density at radius 2 is 1.94 bits per heavy atom. The molecule has 2 saturated carbocycles. The molecule has 182 valence electrons. The van der Waals surface area contributed by atoms with Crippen LogP contribution in [0.3, 0.4) is 0 Å². The van der Waals surface area contributed by atoms with Crippen molar-refractivity contribution in [2.45, 2.75) is 57.4 Å². The molecular weight excluding hydrogens is 458 g/mol. The van der Waals surface area contributed by atoms with E-state index >= 15 is 0 Å². The standard InChI is InChI=1S/C24H30F2N6OS/c1-15-11-20(34-30-15)31-12-17-4-5-18(13-31)21(17)27-23-28-22-19(3-2-10-32(22)29-23)33-14-16-6-8-24(25,26)9-7-16/h2-3,10-11,16-18,21H,4-9,12-14H2,1H3,(H,27,29)/t17-,18+,21-. The van der Waals surface area contributed by atoms with E-state index in [0.29, 0.717) is 54.7 Å². The maximum Gasteiger partial charge on any atom is 0.248 e. The minimum absolute atomic E-state index is 0.0476. The van der Waals surface area contributed by atoms with Crippen LogP contribution >= 0.6 is 11.5 Å². The molecule has 7 nitrogen and oxygen atoms in total. The second-order valence-electron chi connectivity index (χ2n) is 10.2. The summed E-state index contributed by atoms with van der Waals surface area (Å²) in [5, 5.41) is 9.55. The van der Waals surface area contributed by atoms with E-state index in [2.05, 4.69) is 25.8 Å². The van der Waals surface area contributed by atoms with Crippen molar-refractivity contribution in [2.24, 2.45) is 17.8 Å². The number of nitrogens with zero attached hydrogens (tertiary/aromatic N) is 5. The molecule has 6 rings (SSSR count). The lowest BCUT2D eigenvalue weighted by Gasteiger charge is -2.38. The second-order valence-corrected chi connectivity index (χ2v) is 10.9. The highest BCUT2D eigenvalue weighted by Gasteiger charge is 2.43. The summed E-state index contributed by atoms with van der Waals surface area (Å²) in [6.07, 6.45) is 5.18. The fourth-order valence-electron chi connectivity index (χ4n) is 5.82. The zero-order valence-corrected chi connectivity index (χ0v) is 20.1. The second kappa shape index (κ2) is 8.62. The molecule has 34 heavy (non-hydrogen) atoms. The molecule has 3 fully saturated rings. The van der Waals surface area contributed by atoms with E-state index in [1.165, 1.54) is 17.8 Å². The van der Waals surface area contributed by atoms with Gasteiger partial charge in [-0.1, -0.05) is 0 Å². The maximum atomic E-state index is 13.4. The zero-order chi connectivity index (χ0) is 23.3. The number of hydrogen-bond donors (Lipinski definition) is 1. The topological polar surface area (TPSA) is 67.6 Å². The van der Waals surface area contributed by atoms with Crippen LogP contribution in [-0.4, -0.2) is 50.6 Å². The van der Waals surface area contributed by atoms with Gasteiger partial charge in [0, 0.05) is 38.2 Å². The molecule has 0 aromatic carbocycles. The van der Waals surface area contributed by atoms with E-state index in [1.54, 1.807) is 16.0 Å². The van der Waals surface area contributed by atoms with Gasteiger partial charge in [0.05, 0.1) is 12.3 Å². The number of pyridine rings is 1. The highest BCUT2D eigenvalue weighted by molar-refractivity contribution is 7.10. The van der Waals surface area contributed by atoms with Crippen LogP contribution in [0.5, 0.6) is 5.75 Å². The van der Waals surface area contributed by atoms with Crippen molar-refractivity contribution in [3.05, 3.63) is 30.1 Å². The van der Waals surface area contributed by atoms with E-state index in [9.17, 15) is 8.78 Å². The van der Waals surface area contributed by atoms with Crippen LogP contribution < -0.4 is 15.0 Å². The molecule has 1 saturated heterocycles. The molecule has 0 amide bonds. The number of anilines is 2. The zero-order valence-electron chi connectivity index (χ0n) is 19.3. The molecule has 2 aliphatic carbocycles. The SMILES string of the molecule is Cc1cc(N2C[C@H]3CC[C@@H](C2)[C@@H]3Nc2nc3c(OCC4CCC(F)(F)CC4)cccn3n2)sn1. The number of aryl methyl sites for hydroxylation is 1. The third-order valence-electron chi connectivity index (χ3n) is 7.69. The van der Waals surface area contributed by atoms with Crippen LogP contribution in [0, 0.1) is 24.7 Å². The molecule has 3 aromatic rings. The molecule has 0 radical (unpaired) electrons. The van der Waals surface area contributed by atoms with Crippen molar-refractivity contribution < 1.29 is 13.5 Å².